The molecule has 0 saturated heterocycles. The first-order valence-corrected chi connectivity index (χ1v) is 13.0. The highest BCUT2D eigenvalue weighted by atomic mass is 32.2. The fourth-order valence-corrected chi connectivity index (χ4v) is 5.36. The van der Waals surface area contributed by atoms with Gasteiger partial charge in [-0.25, -0.2) is 21.8 Å². The zero-order valence-corrected chi connectivity index (χ0v) is 18.2. The molecule has 30 heavy (non-hydrogen) atoms. The summed E-state index contributed by atoms with van der Waals surface area (Å²) in [5.41, 5.74) is 1.94. The largest absolute Gasteiger partial charge is 0.331 e. The van der Waals surface area contributed by atoms with E-state index >= 15 is 0 Å². The number of hydrogen-bond donors (Lipinski definition) is 2. The topological polar surface area (TPSA) is 105 Å². The zero-order valence-electron chi connectivity index (χ0n) is 15.7. The maximum absolute atomic E-state index is 12.7. The lowest BCUT2D eigenvalue weighted by Gasteiger charge is -2.10. The van der Waals surface area contributed by atoms with Crippen LogP contribution in [0.25, 0.3) is 10.2 Å². The Labute approximate surface area is 178 Å². The number of benzene rings is 3. The first-order chi connectivity index (χ1) is 14.2. The van der Waals surface area contributed by atoms with E-state index in [1.165, 1.54) is 35.6 Å². The van der Waals surface area contributed by atoms with E-state index in [0.717, 1.165) is 16.5 Å². The highest BCUT2D eigenvalue weighted by molar-refractivity contribution is 7.92. The summed E-state index contributed by atoms with van der Waals surface area (Å²) in [6.45, 7) is 0. The molecule has 0 radical (unpaired) electrons. The molecule has 0 amide bonds. The van der Waals surface area contributed by atoms with Crippen LogP contribution in [0, 0.1) is 0 Å². The van der Waals surface area contributed by atoms with Crippen molar-refractivity contribution in [3.8, 4) is 0 Å². The minimum absolute atomic E-state index is 0.0283. The number of nitrogens with zero attached hydrogens (tertiary/aromatic N) is 1. The van der Waals surface area contributed by atoms with E-state index in [-0.39, 0.29) is 9.79 Å². The molecular formula is C20H17N3O4S3. The van der Waals surface area contributed by atoms with E-state index in [1.807, 2.05) is 30.3 Å². The summed E-state index contributed by atoms with van der Waals surface area (Å²) in [7, 11) is -7.27. The molecule has 0 aliphatic carbocycles. The minimum Gasteiger partial charge on any atom is -0.331 e. The number of thiazole rings is 1. The number of nitrogens with one attached hydrogen (secondary N) is 2. The highest BCUT2D eigenvalue weighted by Gasteiger charge is 2.16. The second kappa shape index (κ2) is 7.71. The van der Waals surface area contributed by atoms with Gasteiger partial charge in [-0.2, -0.15) is 0 Å². The third kappa shape index (κ3) is 4.45. The lowest BCUT2D eigenvalue weighted by atomic mass is 10.3. The molecule has 4 aromatic rings. The molecule has 0 atom stereocenters. The van der Waals surface area contributed by atoms with E-state index < -0.39 is 19.9 Å². The van der Waals surface area contributed by atoms with Gasteiger partial charge in [-0.3, -0.25) is 4.72 Å². The Balaban J connectivity index is 1.54. The van der Waals surface area contributed by atoms with Crippen LogP contribution in [-0.2, 0) is 19.9 Å². The molecular weight excluding hydrogens is 442 g/mol. The van der Waals surface area contributed by atoms with E-state index in [1.54, 1.807) is 18.2 Å². The number of sulfonamides is 1. The van der Waals surface area contributed by atoms with Crippen LogP contribution in [0.1, 0.15) is 0 Å². The first-order valence-electron chi connectivity index (χ1n) is 8.76. The molecule has 0 spiro atoms. The van der Waals surface area contributed by atoms with Crippen molar-refractivity contribution >= 4 is 57.9 Å². The van der Waals surface area contributed by atoms with Gasteiger partial charge in [-0.15, -0.1) is 0 Å². The summed E-state index contributed by atoms with van der Waals surface area (Å²) < 4.78 is 52.0. The summed E-state index contributed by atoms with van der Waals surface area (Å²) in [6, 6.07) is 19.7. The Bertz CT molecular complexity index is 1390. The molecule has 0 aliphatic rings. The SMILES string of the molecule is CS(=O)(=O)c1ccc(S(=O)(=O)Nc2cccc(Nc3nc4ccccc4s3)c2)cc1. The smallest absolute Gasteiger partial charge is 0.261 e. The molecule has 1 heterocycles. The van der Waals surface area contributed by atoms with Crippen molar-refractivity contribution in [2.75, 3.05) is 16.3 Å². The van der Waals surface area contributed by atoms with Crippen LogP contribution in [0.5, 0.6) is 0 Å². The quantitative estimate of drug-likeness (QED) is 0.447. The standard InChI is InChI=1S/C20H17N3O4S3/c1-29(24,25)16-9-11-17(12-10-16)30(26,27)23-15-6-4-5-14(13-15)21-20-22-18-7-2-3-8-19(18)28-20/h2-13,23H,1H3,(H,21,22). The van der Waals surface area contributed by atoms with Gasteiger partial charge in [-0.05, 0) is 54.6 Å². The molecule has 10 heteroatoms. The molecule has 0 unspecified atom stereocenters. The van der Waals surface area contributed by atoms with Gasteiger partial charge < -0.3 is 5.32 Å². The molecule has 154 valence electrons. The van der Waals surface area contributed by atoms with Crippen molar-refractivity contribution in [1.82, 2.24) is 4.98 Å². The van der Waals surface area contributed by atoms with Crippen molar-refractivity contribution in [3.63, 3.8) is 0 Å². The molecule has 1 aromatic heterocycles. The Hall–Kier alpha value is -2.95. The number of fused-ring (bicyclic) bond motifs is 1. The Morgan fingerprint density at radius 2 is 1.47 bits per heavy atom. The first kappa shape index (κ1) is 20.3. The maximum Gasteiger partial charge on any atom is 0.261 e. The van der Waals surface area contributed by atoms with Crippen molar-refractivity contribution in [3.05, 3.63) is 72.8 Å². The summed E-state index contributed by atoms with van der Waals surface area (Å²) >= 11 is 1.50. The Morgan fingerprint density at radius 1 is 0.800 bits per heavy atom. The van der Waals surface area contributed by atoms with Crippen molar-refractivity contribution in [1.29, 1.82) is 0 Å². The summed E-state index contributed by atoms with van der Waals surface area (Å²) in [6.07, 6.45) is 1.07. The predicted octanol–water partition coefficient (Wildman–Crippen LogP) is 4.24. The molecule has 0 bridgehead atoms. The predicted molar refractivity (Wildman–Crippen MR) is 120 cm³/mol. The van der Waals surface area contributed by atoms with E-state index in [2.05, 4.69) is 15.0 Å². The van der Waals surface area contributed by atoms with Gasteiger partial charge in [0.1, 0.15) is 0 Å². The average molecular weight is 460 g/mol. The molecule has 7 nitrogen and oxygen atoms in total. The van der Waals surface area contributed by atoms with Crippen LogP contribution in [0.2, 0.25) is 0 Å². The van der Waals surface area contributed by atoms with Gasteiger partial charge >= 0.3 is 0 Å². The normalized spacial score (nSPS) is 12.0. The van der Waals surface area contributed by atoms with Gasteiger partial charge in [0.2, 0.25) is 0 Å². The van der Waals surface area contributed by atoms with Gasteiger partial charge in [0, 0.05) is 11.9 Å². The average Bonchev–Trinajstić information content (AvgIpc) is 3.09. The van der Waals surface area contributed by atoms with Crippen LogP contribution in [-0.4, -0.2) is 28.1 Å². The zero-order chi connectivity index (χ0) is 21.4. The monoisotopic (exact) mass is 459 g/mol. The molecule has 0 aliphatic heterocycles. The fourth-order valence-electron chi connectivity index (χ4n) is 2.79. The van der Waals surface area contributed by atoms with Gasteiger partial charge in [0.25, 0.3) is 10.0 Å². The van der Waals surface area contributed by atoms with Crippen LogP contribution in [0.3, 0.4) is 0 Å². The van der Waals surface area contributed by atoms with Crippen LogP contribution < -0.4 is 10.0 Å². The fraction of sp³-hybridized carbons (Fsp3) is 0.0500. The number of hydrogen-bond acceptors (Lipinski definition) is 7. The molecule has 3 aromatic carbocycles. The van der Waals surface area contributed by atoms with E-state index in [4.69, 9.17) is 0 Å². The molecule has 2 N–H and O–H groups in total. The summed E-state index contributed by atoms with van der Waals surface area (Å²) in [5.74, 6) is 0. The second-order valence-electron chi connectivity index (χ2n) is 6.54. The van der Waals surface area contributed by atoms with Crippen LogP contribution in [0.4, 0.5) is 16.5 Å². The second-order valence-corrected chi connectivity index (χ2v) is 11.3. The molecule has 0 saturated carbocycles. The highest BCUT2D eigenvalue weighted by Crippen LogP contribution is 2.29. The van der Waals surface area contributed by atoms with Gasteiger partial charge in [0.05, 0.1) is 25.7 Å². The maximum atomic E-state index is 12.7. The van der Waals surface area contributed by atoms with Crippen molar-refractivity contribution in [2.24, 2.45) is 0 Å². The van der Waals surface area contributed by atoms with E-state index in [0.29, 0.717) is 16.5 Å². The Morgan fingerprint density at radius 3 is 2.17 bits per heavy atom. The van der Waals surface area contributed by atoms with Crippen molar-refractivity contribution in [2.45, 2.75) is 9.79 Å². The third-order valence-electron chi connectivity index (χ3n) is 4.22. The minimum atomic E-state index is -3.87. The van der Waals surface area contributed by atoms with Gasteiger partial charge in [-0.1, -0.05) is 29.5 Å². The van der Waals surface area contributed by atoms with Crippen molar-refractivity contribution < 1.29 is 16.8 Å². The molecule has 4 rings (SSSR count). The van der Waals surface area contributed by atoms with E-state index in [9.17, 15) is 16.8 Å². The number of rotatable bonds is 6. The van der Waals surface area contributed by atoms with Crippen LogP contribution >= 0.6 is 11.3 Å². The molecule has 0 fully saturated rings. The summed E-state index contributed by atoms with van der Waals surface area (Å²) in [4.78, 5) is 4.54. The lowest BCUT2D eigenvalue weighted by Crippen LogP contribution is -2.13. The third-order valence-corrected chi connectivity index (χ3v) is 7.70. The number of para-hydroxylation sites is 1. The van der Waals surface area contributed by atoms with Crippen LogP contribution in [0.15, 0.2) is 82.6 Å². The van der Waals surface area contributed by atoms with Gasteiger partial charge in [0.15, 0.2) is 15.0 Å². The number of anilines is 3. The lowest BCUT2D eigenvalue weighted by molar-refractivity contribution is 0.597. The summed E-state index contributed by atoms with van der Waals surface area (Å²) in [5, 5.41) is 3.89. The number of sulfone groups is 1. The Kier molecular flexibility index (Phi) is 5.22. The number of aromatic nitrogens is 1.